The van der Waals surface area contributed by atoms with Crippen molar-refractivity contribution >= 4 is 27.4 Å². The van der Waals surface area contributed by atoms with Crippen LogP contribution in [0.1, 0.15) is 25.8 Å². The van der Waals surface area contributed by atoms with Gasteiger partial charge in [-0.15, -0.1) is 0 Å². The van der Waals surface area contributed by atoms with Crippen LogP contribution in [0, 0.1) is 18.8 Å². The van der Waals surface area contributed by atoms with Gasteiger partial charge >= 0.3 is 0 Å². The smallest absolute Gasteiger partial charge is 0.143 e. The van der Waals surface area contributed by atoms with Crippen molar-refractivity contribution in [1.29, 1.82) is 0 Å². The molecular formula is C13H20BrN3. The van der Waals surface area contributed by atoms with Gasteiger partial charge in [0.25, 0.3) is 0 Å². The van der Waals surface area contributed by atoms with Crippen LogP contribution in [-0.4, -0.2) is 18.1 Å². The van der Waals surface area contributed by atoms with Crippen molar-refractivity contribution in [2.24, 2.45) is 11.8 Å². The van der Waals surface area contributed by atoms with Gasteiger partial charge in [0.15, 0.2) is 0 Å². The molecule has 2 N–H and O–H groups in total. The van der Waals surface area contributed by atoms with E-state index in [2.05, 4.69) is 39.7 Å². The van der Waals surface area contributed by atoms with E-state index in [0.29, 0.717) is 0 Å². The Bertz CT molecular complexity index is 417. The Hall–Kier alpha value is -0.770. The predicted molar refractivity (Wildman–Crippen MR) is 76.2 cm³/mol. The second-order valence-electron chi connectivity index (χ2n) is 5.21. The van der Waals surface area contributed by atoms with Crippen LogP contribution in [0.2, 0.25) is 0 Å². The third-order valence-corrected chi connectivity index (χ3v) is 4.70. The van der Waals surface area contributed by atoms with Crippen molar-refractivity contribution in [2.75, 3.05) is 23.7 Å². The quantitative estimate of drug-likeness (QED) is 0.911. The van der Waals surface area contributed by atoms with Gasteiger partial charge in [-0.2, -0.15) is 0 Å². The molecule has 0 aliphatic carbocycles. The summed E-state index contributed by atoms with van der Waals surface area (Å²) in [6.45, 7) is 8.82. The summed E-state index contributed by atoms with van der Waals surface area (Å²) in [5.74, 6) is 2.56. The summed E-state index contributed by atoms with van der Waals surface area (Å²) in [4.78, 5) is 6.83. The normalized spacial score (nSPS) is 20.3. The van der Waals surface area contributed by atoms with Gasteiger partial charge < -0.3 is 10.6 Å². The van der Waals surface area contributed by atoms with Crippen LogP contribution < -0.4 is 10.6 Å². The van der Waals surface area contributed by atoms with Crippen molar-refractivity contribution < 1.29 is 0 Å². The summed E-state index contributed by atoms with van der Waals surface area (Å²) in [5.41, 5.74) is 7.69. The van der Waals surface area contributed by atoms with Crippen LogP contribution in [0.4, 0.5) is 11.5 Å². The van der Waals surface area contributed by atoms with Crippen molar-refractivity contribution in [3.05, 3.63) is 16.2 Å². The molecule has 0 bridgehead atoms. The van der Waals surface area contributed by atoms with Gasteiger partial charge in [0.1, 0.15) is 5.82 Å². The lowest BCUT2D eigenvalue weighted by molar-refractivity contribution is 0.422. The molecule has 1 aliphatic heterocycles. The number of pyridine rings is 1. The van der Waals surface area contributed by atoms with Gasteiger partial charge in [-0.1, -0.05) is 13.8 Å². The number of anilines is 2. The molecule has 2 heterocycles. The molecule has 0 saturated carbocycles. The number of nitrogens with two attached hydrogens (primary N) is 1. The van der Waals surface area contributed by atoms with E-state index in [1.807, 2.05) is 6.92 Å². The fourth-order valence-corrected chi connectivity index (χ4v) is 2.90. The first-order valence-corrected chi connectivity index (χ1v) is 6.95. The Morgan fingerprint density at radius 1 is 1.53 bits per heavy atom. The van der Waals surface area contributed by atoms with E-state index in [1.165, 1.54) is 6.42 Å². The number of nitrogen functional groups attached to an aromatic ring is 1. The molecule has 1 aliphatic rings. The zero-order valence-electron chi connectivity index (χ0n) is 10.7. The number of hydrogen-bond acceptors (Lipinski definition) is 3. The van der Waals surface area contributed by atoms with Gasteiger partial charge in [0, 0.05) is 13.1 Å². The van der Waals surface area contributed by atoms with Gasteiger partial charge in [-0.25, -0.2) is 4.98 Å². The minimum atomic E-state index is 0.744. The molecule has 0 aromatic carbocycles. The fraction of sp³-hybridized carbons (Fsp3) is 0.615. The van der Waals surface area contributed by atoms with E-state index < -0.39 is 0 Å². The molecule has 1 saturated heterocycles. The van der Waals surface area contributed by atoms with Crippen LogP contribution in [0.15, 0.2) is 10.7 Å². The van der Waals surface area contributed by atoms with Crippen LogP contribution in [0.5, 0.6) is 0 Å². The largest absolute Gasteiger partial charge is 0.397 e. The third kappa shape index (κ3) is 2.41. The van der Waals surface area contributed by atoms with Crippen LogP contribution in [0.25, 0.3) is 0 Å². The molecule has 17 heavy (non-hydrogen) atoms. The highest BCUT2D eigenvalue weighted by atomic mass is 79.9. The van der Waals surface area contributed by atoms with Crippen molar-refractivity contribution in [1.82, 2.24) is 4.98 Å². The standard InChI is InChI=1S/C13H20BrN3/c1-8(2)10-4-5-17(7-10)13-12(14)9(3)11(15)6-16-13/h6,8,10H,4-5,7,15H2,1-3H3. The molecule has 0 spiro atoms. The Morgan fingerprint density at radius 3 is 2.82 bits per heavy atom. The van der Waals surface area contributed by atoms with Gasteiger partial charge in [0.2, 0.25) is 0 Å². The maximum Gasteiger partial charge on any atom is 0.143 e. The summed E-state index contributed by atoms with van der Waals surface area (Å²) in [6.07, 6.45) is 3.02. The second kappa shape index (κ2) is 4.84. The lowest BCUT2D eigenvalue weighted by atomic mass is 9.95. The zero-order chi connectivity index (χ0) is 12.6. The molecule has 94 valence electrons. The lowest BCUT2D eigenvalue weighted by Crippen LogP contribution is -2.23. The topological polar surface area (TPSA) is 42.1 Å². The molecule has 1 aromatic heterocycles. The molecular weight excluding hydrogens is 278 g/mol. The minimum absolute atomic E-state index is 0.744. The first-order valence-electron chi connectivity index (χ1n) is 6.16. The predicted octanol–water partition coefficient (Wildman–Crippen LogP) is 3.22. The Morgan fingerprint density at radius 2 is 2.24 bits per heavy atom. The zero-order valence-corrected chi connectivity index (χ0v) is 12.3. The van der Waals surface area contributed by atoms with Crippen molar-refractivity contribution in [2.45, 2.75) is 27.2 Å². The molecule has 1 unspecified atom stereocenters. The van der Waals surface area contributed by atoms with Crippen molar-refractivity contribution in [3.63, 3.8) is 0 Å². The maximum absolute atomic E-state index is 5.85. The van der Waals surface area contributed by atoms with Crippen LogP contribution >= 0.6 is 15.9 Å². The number of aromatic nitrogens is 1. The average molecular weight is 298 g/mol. The van der Waals surface area contributed by atoms with E-state index in [0.717, 1.165) is 46.5 Å². The highest BCUT2D eigenvalue weighted by molar-refractivity contribution is 9.10. The SMILES string of the molecule is Cc1c(N)cnc(N2CCC(C(C)C)C2)c1Br. The third-order valence-electron chi connectivity index (χ3n) is 3.75. The molecule has 1 atom stereocenters. The van der Waals surface area contributed by atoms with Crippen molar-refractivity contribution in [3.8, 4) is 0 Å². The molecule has 0 radical (unpaired) electrons. The van der Waals surface area contributed by atoms with Gasteiger partial charge in [0.05, 0.1) is 16.4 Å². The Kier molecular flexibility index (Phi) is 3.61. The summed E-state index contributed by atoms with van der Waals surface area (Å²) in [7, 11) is 0. The Labute approximate surface area is 112 Å². The maximum atomic E-state index is 5.85. The molecule has 4 heteroatoms. The summed E-state index contributed by atoms with van der Waals surface area (Å²) in [5, 5.41) is 0. The summed E-state index contributed by atoms with van der Waals surface area (Å²) in [6, 6.07) is 0. The number of hydrogen-bond donors (Lipinski definition) is 1. The fourth-order valence-electron chi connectivity index (χ4n) is 2.32. The van der Waals surface area contributed by atoms with E-state index in [9.17, 15) is 0 Å². The monoisotopic (exact) mass is 297 g/mol. The van der Waals surface area contributed by atoms with E-state index in [4.69, 9.17) is 5.73 Å². The summed E-state index contributed by atoms with van der Waals surface area (Å²) >= 11 is 3.61. The van der Waals surface area contributed by atoms with E-state index in [-0.39, 0.29) is 0 Å². The van der Waals surface area contributed by atoms with Crippen LogP contribution in [-0.2, 0) is 0 Å². The molecule has 3 nitrogen and oxygen atoms in total. The van der Waals surface area contributed by atoms with E-state index >= 15 is 0 Å². The second-order valence-corrected chi connectivity index (χ2v) is 6.01. The highest BCUT2D eigenvalue weighted by Gasteiger charge is 2.27. The molecule has 1 fully saturated rings. The number of rotatable bonds is 2. The minimum Gasteiger partial charge on any atom is -0.397 e. The Balaban J connectivity index is 2.22. The molecule has 1 aromatic rings. The average Bonchev–Trinajstić information content (AvgIpc) is 2.75. The highest BCUT2D eigenvalue weighted by Crippen LogP contribution is 2.34. The summed E-state index contributed by atoms with van der Waals surface area (Å²) < 4.78 is 1.04. The molecule has 0 amide bonds. The van der Waals surface area contributed by atoms with Gasteiger partial charge in [-0.05, 0) is 46.7 Å². The number of nitrogens with zero attached hydrogens (tertiary/aromatic N) is 2. The number of halogens is 1. The molecule has 2 rings (SSSR count). The lowest BCUT2D eigenvalue weighted by Gasteiger charge is -2.21. The van der Waals surface area contributed by atoms with Crippen LogP contribution in [0.3, 0.4) is 0 Å². The van der Waals surface area contributed by atoms with Gasteiger partial charge in [-0.3, -0.25) is 0 Å². The van der Waals surface area contributed by atoms with E-state index in [1.54, 1.807) is 6.20 Å². The first-order chi connectivity index (χ1) is 8.00. The first kappa shape index (κ1) is 12.7.